The van der Waals surface area contributed by atoms with Crippen molar-refractivity contribution in [3.8, 4) is 0 Å². The summed E-state index contributed by atoms with van der Waals surface area (Å²) in [5, 5.41) is 8.54. The number of rotatable bonds is 6. The molecule has 0 radical (unpaired) electrons. The van der Waals surface area contributed by atoms with Crippen LogP contribution in [0.3, 0.4) is 0 Å². The van der Waals surface area contributed by atoms with Gasteiger partial charge in [0.25, 0.3) is 0 Å². The summed E-state index contributed by atoms with van der Waals surface area (Å²) in [6, 6.07) is 0.282. The van der Waals surface area contributed by atoms with E-state index in [-0.39, 0.29) is 23.4 Å². The quantitative estimate of drug-likeness (QED) is 0.632. The molecule has 0 rings (SSSR count). The summed E-state index contributed by atoms with van der Waals surface area (Å²) >= 11 is 0. The van der Waals surface area contributed by atoms with Gasteiger partial charge in [0, 0.05) is 24.5 Å². The molecule has 0 aliphatic carbocycles. The van der Waals surface area contributed by atoms with Gasteiger partial charge in [-0.25, -0.2) is 0 Å². The first-order chi connectivity index (χ1) is 7.70. The molecule has 0 heterocycles. The van der Waals surface area contributed by atoms with Gasteiger partial charge in [0.05, 0.1) is 6.54 Å². The Morgan fingerprint density at radius 2 is 1.71 bits per heavy atom. The van der Waals surface area contributed by atoms with Gasteiger partial charge in [0.15, 0.2) is 0 Å². The maximum atomic E-state index is 11.4. The molecule has 0 atom stereocenters. The fraction of sp³-hybridized carbons (Fsp3) is 0.833. The van der Waals surface area contributed by atoms with Gasteiger partial charge >= 0.3 is 0 Å². The molecule has 0 saturated heterocycles. The van der Waals surface area contributed by atoms with E-state index >= 15 is 0 Å². The largest absolute Gasteiger partial charge is 0.354 e. The second-order valence-corrected chi connectivity index (χ2v) is 5.43. The fourth-order valence-electron chi connectivity index (χ4n) is 1.16. The maximum Gasteiger partial charge on any atom is 0.233 e. The van der Waals surface area contributed by atoms with Crippen LogP contribution in [-0.4, -0.2) is 36.5 Å². The summed E-state index contributed by atoms with van der Waals surface area (Å²) in [5.74, 6) is -0.128. The summed E-state index contributed by atoms with van der Waals surface area (Å²) < 4.78 is 0. The molecule has 0 aliphatic rings. The van der Waals surface area contributed by atoms with E-state index in [1.165, 1.54) is 0 Å². The van der Waals surface area contributed by atoms with Crippen LogP contribution in [0.25, 0.3) is 0 Å². The number of hydrogen-bond donors (Lipinski definition) is 3. The Bertz CT molecular complexity index is 257. The minimum atomic E-state index is -0.222. The summed E-state index contributed by atoms with van der Waals surface area (Å²) in [6.07, 6.45) is 0.310. The van der Waals surface area contributed by atoms with Crippen LogP contribution in [0.5, 0.6) is 0 Å². The lowest BCUT2D eigenvalue weighted by Gasteiger charge is -2.20. The number of carbonyl (C=O) groups excluding carboxylic acids is 2. The number of nitrogens with one attached hydrogen (secondary N) is 3. The molecule has 0 saturated carbocycles. The van der Waals surface area contributed by atoms with Crippen molar-refractivity contribution in [1.29, 1.82) is 0 Å². The molecule has 0 fully saturated rings. The molecule has 0 aromatic heterocycles. The van der Waals surface area contributed by atoms with Gasteiger partial charge in [-0.15, -0.1) is 0 Å². The predicted molar refractivity (Wildman–Crippen MR) is 68.7 cm³/mol. The third kappa shape index (κ3) is 11.2. The topological polar surface area (TPSA) is 70.2 Å². The minimum absolute atomic E-state index is 0.0466. The zero-order chi connectivity index (χ0) is 13.5. The molecule has 0 aromatic carbocycles. The van der Waals surface area contributed by atoms with Gasteiger partial charge in [-0.2, -0.15) is 0 Å². The van der Waals surface area contributed by atoms with Crippen molar-refractivity contribution in [3.63, 3.8) is 0 Å². The van der Waals surface area contributed by atoms with Crippen LogP contribution in [0, 0.1) is 0 Å². The maximum absolute atomic E-state index is 11.4. The normalized spacial score (nSPS) is 11.4. The zero-order valence-electron chi connectivity index (χ0n) is 11.5. The van der Waals surface area contributed by atoms with Gasteiger partial charge in [0.2, 0.25) is 11.8 Å². The summed E-state index contributed by atoms with van der Waals surface area (Å²) in [7, 11) is 0. The van der Waals surface area contributed by atoms with E-state index in [4.69, 9.17) is 0 Å². The molecule has 17 heavy (non-hydrogen) atoms. The highest BCUT2D eigenvalue weighted by Gasteiger charge is 2.13. The molecule has 2 amide bonds. The Kier molecular flexibility index (Phi) is 6.80. The smallest absolute Gasteiger partial charge is 0.233 e. The Hall–Kier alpha value is -1.10. The second-order valence-electron chi connectivity index (χ2n) is 5.43. The van der Waals surface area contributed by atoms with Crippen molar-refractivity contribution in [2.24, 2.45) is 0 Å². The zero-order valence-corrected chi connectivity index (χ0v) is 11.5. The summed E-state index contributed by atoms with van der Waals surface area (Å²) in [6.45, 7) is 10.4. The molecular weight excluding hydrogens is 218 g/mol. The minimum Gasteiger partial charge on any atom is -0.354 e. The molecule has 0 spiro atoms. The highest BCUT2D eigenvalue weighted by atomic mass is 16.2. The molecule has 0 unspecified atom stereocenters. The predicted octanol–water partition coefficient (Wildman–Crippen LogP) is 0.405. The van der Waals surface area contributed by atoms with Crippen LogP contribution >= 0.6 is 0 Å². The number of amides is 2. The SMILES string of the molecule is CC(C)NCC(=O)NCCC(=O)NC(C)(C)C. The highest BCUT2D eigenvalue weighted by molar-refractivity contribution is 5.80. The third-order valence-electron chi connectivity index (χ3n) is 1.86. The monoisotopic (exact) mass is 243 g/mol. The van der Waals surface area contributed by atoms with Crippen LogP contribution in [-0.2, 0) is 9.59 Å². The van der Waals surface area contributed by atoms with Gasteiger partial charge in [0.1, 0.15) is 0 Å². The molecule has 0 bridgehead atoms. The summed E-state index contributed by atoms with van der Waals surface area (Å²) in [4.78, 5) is 22.7. The molecule has 5 nitrogen and oxygen atoms in total. The first-order valence-electron chi connectivity index (χ1n) is 6.02. The van der Waals surface area contributed by atoms with Crippen molar-refractivity contribution in [3.05, 3.63) is 0 Å². The average Bonchev–Trinajstić information content (AvgIpc) is 2.11. The van der Waals surface area contributed by atoms with Gasteiger partial charge in [-0.3, -0.25) is 9.59 Å². The molecule has 5 heteroatoms. The van der Waals surface area contributed by atoms with Crippen molar-refractivity contribution in [2.45, 2.75) is 52.6 Å². The van der Waals surface area contributed by atoms with Crippen LogP contribution < -0.4 is 16.0 Å². The van der Waals surface area contributed by atoms with E-state index in [0.717, 1.165) is 0 Å². The van der Waals surface area contributed by atoms with Crippen molar-refractivity contribution in [2.75, 3.05) is 13.1 Å². The standard InChI is InChI=1S/C12H25N3O2/c1-9(2)14-8-11(17)13-7-6-10(16)15-12(3,4)5/h9,14H,6-8H2,1-5H3,(H,13,17)(H,15,16). The lowest BCUT2D eigenvalue weighted by molar-refractivity contribution is -0.123. The van der Waals surface area contributed by atoms with E-state index < -0.39 is 0 Å². The van der Waals surface area contributed by atoms with Gasteiger partial charge in [-0.1, -0.05) is 13.8 Å². The van der Waals surface area contributed by atoms with Crippen molar-refractivity contribution in [1.82, 2.24) is 16.0 Å². The van der Waals surface area contributed by atoms with Crippen LogP contribution in [0.1, 0.15) is 41.0 Å². The molecule has 0 aromatic rings. The Balaban J connectivity index is 3.63. The van der Waals surface area contributed by atoms with Crippen LogP contribution in [0.15, 0.2) is 0 Å². The lowest BCUT2D eigenvalue weighted by Crippen LogP contribution is -2.43. The van der Waals surface area contributed by atoms with Crippen LogP contribution in [0.2, 0.25) is 0 Å². The van der Waals surface area contributed by atoms with Gasteiger partial charge < -0.3 is 16.0 Å². The Morgan fingerprint density at radius 1 is 1.12 bits per heavy atom. The van der Waals surface area contributed by atoms with Crippen molar-refractivity contribution < 1.29 is 9.59 Å². The van der Waals surface area contributed by atoms with E-state index in [1.54, 1.807) is 0 Å². The van der Waals surface area contributed by atoms with E-state index in [9.17, 15) is 9.59 Å². The number of hydrogen-bond acceptors (Lipinski definition) is 3. The summed E-state index contributed by atoms with van der Waals surface area (Å²) in [5.41, 5.74) is -0.222. The Morgan fingerprint density at radius 3 is 2.18 bits per heavy atom. The van der Waals surface area contributed by atoms with E-state index in [0.29, 0.717) is 19.5 Å². The third-order valence-corrected chi connectivity index (χ3v) is 1.86. The first kappa shape index (κ1) is 15.9. The van der Waals surface area contributed by atoms with E-state index in [1.807, 2.05) is 34.6 Å². The molecular formula is C12H25N3O2. The number of carbonyl (C=O) groups is 2. The van der Waals surface area contributed by atoms with Gasteiger partial charge in [-0.05, 0) is 20.8 Å². The Labute approximate surface area is 104 Å². The molecule has 0 aliphatic heterocycles. The molecule has 100 valence electrons. The highest BCUT2D eigenvalue weighted by Crippen LogP contribution is 1.98. The average molecular weight is 243 g/mol. The first-order valence-corrected chi connectivity index (χ1v) is 6.02. The second kappa shape index (κ2) is 7.27. The molecule has 3 N–H and O–H groups in total. The lowest BCUT2D eigenvalue weighted by atomic mass is 10.1. The van der Waals surface area contributed by atoms with Crippen molar-refractivity contribution >= 4 is 11.8 Å². The van der Waals surface area contributed by atoms with E-state index in [2.05, 4.69) is 16.0 Å². The fourth-order valence-corrected chi connectivity index (χ4v) is 1.16. The van der Waals surface area contributed by atoms with Crippen LogP contribution in [0.4, 0.5) is 0 Å².